The second kappa shape index (κ2) is 4.73. The molecule has 0 bridgehead atoms. The number of methoxy groups -OCH3 is 1. The third kappa shape index (κ3) is 2.24. The maximum absolute atomic E-state index is 10.6. The lowest BCUT2D eigenvalue weighted by Gasteiger charge is -2.33. The summed E-state index contributed by atoms with van der Waals surface area (Å²) in [5.74, 6) is 0.794. The van der Waals surface area contributed by atoms with Crippen molar-refractivity contribution in [2.24, 2.45) is 0 Å². The van der Waals surface area contributed by atoms with Gasteiger partial charge in [-0.15, -0.1) is 0 Å². The summed E-state index contributed by atoms with van der Waals surface area (Å²) in [6.07, 6.45) is 1.79. The van der Waals surface area contributed by atoms with Crippen LogP contribution < -0.4 is 10.1 Å². The first-order valence-corrected chi connectivity index (χ1v) is 6.22. The molecule has 1 unspecified atom stereocenters. The van der Waals surface area contributed by atoms with Gasteiger partial charge in [-0.1, -0.05) is 22.0 Å². The van der Waals surface area contributed by atoms with Crippen molar-refractivity contribution in [3.8, 4) is 5.75 Å². The number of benzene rings is 1. The lowest BCUT2D eigenvalue weighted by molar-refractivity contribution is 0.0116. The summed E-state index contributed by atoms with van der Waals surface area (Å²) in [5, 5.41) is 13.8. The Bertz CT molecular complexity index is 375. The number of nitrogens with one attached hydrogen (secondary N) is 1. The molecule has 0 saturated carbocycles. The zero-order chi connectivity index (χ0) is 11.6. The quantitative estimate of drug-likeness (QED) is 0.874. The number of β-amino-alcohol motifs (C(OH)–C–C–N with tert-alkyl or cyclic N) is 1. The average molecular weight is 286 g/mol. The maximum atomic E-state index is 10.6. The predicted molar refractivity (Wildman–Crippen MR) is 66.7 cm³/mol. The molecule has 2 N–H and O–H groups in total. The Morgan fingerprint density at radius 3 is 2.88 bits per heavy atom. The van der Waals surface area contributed by atoms with Crippen molar-refractivity contribution in [2.75, 3.05) is 20.2 Å². The van der Waals surface area contributed by atoms with Gasteiger partial charge < -0.3 is 15.2 Å². The molecule has 1 atom stereocenters. The molecule has 0 spiro atoms. The highest BCUT2D eigenvalue weighted by atomic mass is 79.9. The molecule has 1 aromatic carbocycles. The number of ether oxygens (including phenoxy) is 1. The van der Waals surface area contributed by atoms with E-state index in [0.29, 0.717) is 6.54 Å². The lowest BCUT2D eigenvalue weighted by Crippen LogP contribution is -2.43. The molecule has 1 fully saturated rings. The SMILES string of the molecule is COc1ccc(C2(O)CCCNC2)c(Br)c1. The number of hydrogen-bond donors (Lipinski definition) is 2. The topological polar surface area (TPSA) is 41.5 Å². The number of halogens is 1. The molecule has 16 heavy (non-hydrogen) atoms. The summed E-state index contributed by atoms with van der Waals surface area (Å²) in [7, 11) is 1.64. The summed E-state index contributed by atoms with van der Waals surface area (Å²) in [4.78, 5) is 0. The van der Waals surface area contributed by atoms with Crippen LogP contribution in [0.3, 0.4) is 0 Å². The molecule has 4 heteroatoms. The van der Waals surface area contributed by atoms with Gasteiger partial charge in [-0.3, -0.25) is 0 Å². The van der Waals surface area contributed by atoms with Gasteiger partial charge in [0.05, 0.1) is 7.11 Å². The molecule has 2 rings (SSSR count). The van der Waals surface area contributed by atoms with Crippen molar-refractivity contribution in [3.05, 3.63) is 28.2 Å². The van der Waals surface area contributed by atoms with E-state index in [2.05, 4.69) is 21.2 Å². The third-order valence-corrected chi connectivity index (χ3v) is 3.70. The molecular formula is C12H16BrNO2. The van der Waals surface area contributed by atoms with Crippen LogP contribution in [0.5, 0.6) is 5.75 Å². The normalized spacial score (nSPS) is 25.4. The summed E-state index contributed by atoms with van der Waals surface area (Å²) in [6, 6.07) is 5.70. The Morgan fingerprint density at radius 1 is 1.50 bits per heavy atom. The summed E-state index contributed by atoms with van der Waals surface area (Å²) < 4.78 is 6.04. The molecule has 0 aliphatic carbocycles. The average Bonchev–Trinajstić information content (AvgIpc) is 2.29. The van der Waals surface area contributed by atoms with Gasteiger partial charge in [-0.05, 0) is 37.1 Å². The molecule has 1 saturated heterocycles. The maximum Gasteiger partial charge on any atom is 0.120 e. The Kier molecular flexibility index (Phi) is 3.52. The van der Waals surface area contributed by atoms with E-state index in [9.17, 15) is 5.11 Å². The Hall–Kier alpha value is -0.580. The smallest absolute Gasteiger partial charge is 0.120 e. The number of piperidine rings is 1. The molecule has 88 valence electrons. The van der Waals surface area contributed by atoms with Crippen LogP contribution in [0, 0.1) is 0 Å². The minimum Gasteiger partial charge on any atom is -0.497 e. The zero-order valence-corrected chi connectivity index (χ0v) is 10.9. The molecule has 1 aromatic rings. The van der Waals surface area contributed by atoms with Crippen LogP contribution in [0.15, 0.2) is 22.7 Å². The van der Waals surface area contributed by atoms with Crippen LogP contribution in [0.1, 0.15) is 18.4 Å². The van der Waals surface area contributed by atoms with Crippen LogP contribution in [0.2, 0.25) is 0 Å². The van der Waals surface area contributed by atoms with Crippen molar-refractivity contribution in [1.82, 2.24) is 5.32 Å². The van der Waals surface area contributed by atoms with Crippen molar-refractivity contribution in [3.63, 3.8) is 0 Å². The molecule has 1 heterocycles. The van der Waals surface area contributed by atoms with E-state index in [1.807, 2.05) is 18.2 Å². The fourth-order valence-electron chi connectivity index (χ4n) is 2.12. The van der Waals surface area contributed by atoms with Crippen molar-refractivity contribution < 1.29 is 9.84 Å². The highest BCUT2D eigenvalue weighted by Crippen LogP contribution is 2.35. The van der Waals surface area contributed by atoms with E-state index in [4.69, 9.17) is 4.74 Å². The van der Waals surface area contributed by atoms with E-state index < -0.39 is 5.60 Å². The van der Waals surface area contributed by atoms with E-state index in [1.165, 1.54) is 0 Å². The van der Waals surface area contributed by atoms with Gasteiger partial charge in [0, 0.05) is 11.0 Å². The molecule has 0 radical (unpaired) electrons. The van der Waals surface area contributed by atoms with Crippen LogP contribution in [-0.4, -0.2) is 25.3 Å². The summed E-state index contributed by atoms with van der Waals surface area (Å²) in [6.45, 7) is 1.59. The minimum absolute atomic E-state index is 0.609. The Balaban J connectivity index is 2.32. The minimum atomic E-state index is -0.761. The predicted octanol–water partition coefficient (Wildman–Crippen LogP) is 2.03. The second-order valence-electron chi connectivity index (χ2n) is 4.16. The van der Waals surface area contributed by atoms with E-state index in [0.717, 1.165) is 35.2 Å². The van der Waals surface area contributed by atoms with Gasteiger partial charge in [0.1, 0.15) is 11.4 Å². The standard InChI is InChI=1S/C12H16BrNO2/c1-16-9-3-4-10(11(13)7-9)12(15)5-2-6-14-8-12/h3-4,7,14-15H,2,5-6,8H2,1H3. The number of rotatable bonds is 2. The van der Waals surface area contributed by atoms with Crippen LogP contribution in [0.25, 0.3) is 0 Å². The molecular weight excluding hydrogens is 270 g/mol. The van der Waals surface area contributed by atoms with E-state index in [1.54, 1.807) is 7.11 Å². The number of aliphatic hydroxyl groups is 1. The largest absolute Gasteiger partial charge is 0.497 e. The van der Waals surface area contributed by atoms with Crippen LogP contribution in [-0.2, 0) is 5.60 Å². The van der Waals surface area contributed by atoms with Gasteiger partial charge in [0.2, 0.25) is 0 Å². The fourth-order valence-corrected chi connectivity index (χ4v) is 2.85. The van der Waals surface area contributed by atoms with Gasteiger partial charge in [-0.2, -0.15) is 0 Å². The molecule has 1 aliphatic rings. The van der Waals surface area contributed by atoms with Crippen LogP contribution in [0.4, 0.5) is 0 Å². The highest BCUT2D eigenvalue weighted by Gasteiger charge is 2.32. The second-order valence-corrected chi connectivity index (χ2v) is 5.01. The first-order valence-electron chi connectivity index (χ1n) is 5.43. The van der Waals surface area contributed by atoms with Gasteiger partial charge in [0.15, 0.2) is 0 Å². The molecule has 0 amide bonds. The van der Waals surface area contributed by atoms with Gasteiger partial charge >= 0.3 is 0 Å². The van der Waals surface area contributed by atoms with E-state index >= 15 is 0 Å². The van der Waals surface area contributed by atoms with Crippen molar-refractivity contribution in [1.29, 1.82) is 0 Å². The first-order chi connectivity index (χ1) is 7.65. The summed E-state index contributed by atoms with van der Waals surface area (Å²) in [5.41, 5.74) is 0.170. The van der Waals surface area contributed by atoms with Crippen molar-refractivity contribution in [2.45, 2.75) is 18.4 Å². The number of hydrogen-bond acceptors (Lipinski definition) is 3. The van der Waals surface area contributed by atoms with E-state index in [-0.39, 0.29) is 0 Å². The van der Waals surface area contributed by atoms with Gasteiger partial charge in [0.25, 0.3) is 0 Å². The fraction of sp³-hybridized carbons (Fsp3) is 0.500. The molecule has 3 nitrogen and oxygen atoms in total. The van der Waals surface area contributed by atoms with Crippen molar-refractivity contribution >= 4 is 15.9 Å². The Morgan fingerprint density at radius 2 is 2.31 bits per heavy atom. The van der Waals surface area contributed by atoms with Crippen LogP contribution >= 0.6 is 15.9 Å². The summed E-state index contributed by atoms with van der Waals surface area (Å²) >= 11 is 3.49. The monoisotopic (exact) mass is 285 g/mol. The molecule has 1 aliphatic heterocycles. The Labute approximate surface area is 104 Å². The lowest BCUT2D eigenvalue weighted by atomic mass is 9.87. The third-order valence-electron chi connectivity index (χ3n) is 3.04. The van der Waals surface area contributed by atoms with Gasteiger partial charge in [-0.25, -0.2) is 0 Å². The highest BCUT2D eigenvalue weighted by molar-refractivity contribution is 9.10. The first kappa shape index (κ1) is 11.9. The zero-order valence-electron chi connectivity index (χ0n) is 9.29. The molecule has 0 aromatic heterocycles.